The zero-order chi connectivity index (χ0) is 19.6. The van der Waals surface area contributed by atoms with Crippen LogP contribution in [0.2, 0.25) is 0 Å². The summed E-state index contributed by atoms with van der Waals surface area (Å²) in [7, 11) is 0. The predicted molar refractivity (Wildman–Crippen MR) is 116 cm³/mol. The Kier molecular flexibility index (Phi) is 5.08. The summed E-state index contributed by atoms with van der Waals surface area (Å²) in [5.41, 5.74) is 2.33. The maximum atomic E-state index is 12.4. The quantitative estimate of drug-likeness (QED) is 0.637. The number of carbonyl (C=O) groups excluding carboxylic acids is 1. The van der Waals surface area contributed by atoms with Crippen molar-refractivity contribution in [1.82, 2.24) is 10.2 Å². The molecule has 2 fully saturated rings. The number of nitrogens with zero attached hydrogens (tertiary/aromatic N) is 1. The number of ether oxygens (including phenoxy) is 1. The minimum Gasteiger partial charge on any atom is -0.410 e. The molecule has 5 rings (SSSR count). The Morgan fingerprint density at radius 3 is 2.52 bits per heavy atom. The molecule has 1 amide bonds. The number of likely N-dealkylation sites (tertiary alicyclic amines) is 1. The van der Waals surface area contributed by atoms with E-state index in [9.17, 15) is 4.79 Å². The largest absolute Gasteiger partial charge is 0.412 e. The number of hydrogen-bond donors (Lipinski definition) is 1. The van der Waals surface area contributed by atoms with Crippen LogP contribution in [0.15, 0.2) is 72.1 Å². The normalized spacial score (nSPS) is 22.8. The molecule has 5 heteroatoms. The first kappa shape index (κ1) is 18.4. The zero-order valence-corrected chi connectivity index (χ0v) is 17.0. The molecule has 0 bridgehead atoms. The lowest BCUT2D eigenvalue weighted by Gasteiger charge is -2.19. The average Bonchev–Trinajstić information content (AvgIpc) is 3.13. The van der Waals surface area contributed by atoms with Crippen molar-refractivity contribution in [3.8, 4) is 16.2 Å². The van der Waals surface area contributed by atoms with Crippen LogP contribution in [0.1, 0.15) is 5.56 Å². The second kappa shape index (κ2) is 8.01. The SMILES string of the molecule is O=C(NCC1C2CN(Cc3ccccc3)CC12)Oc1ccccc1-c1cccs1. The molecule has 148 valence electrons. The molecular weight excluding hydrogens is 380 g/mol. The fourth-order valence-corrected chi connectivity index (χ4v) is 5.29. The molecule has 0 spiro atoms. The lowest BCUT2D eigenvalue weighted by Crippen LogP contribution is -2.32. The second-order valence-electron chi connectivity index (χ2n) is 7.92. The Labute approximate surface area is 175 Å². The number of rotatable bonds is 6. The molecule has 1 N–H and O–H groups in total. The highest BCUT2D eigenvalue weighted by Gasteiger charge is 2.55. The van der Waals surface area contributed by atoms with Crippen LogP contribution in [0.4, 0.5) is 4.79 Å². The number of hydrogen-bond acceptors (Lipinski definition) is 4. The summed E-state index contributed by atoms with van der Waals surface area (Å²) in [6, 6.07) is 22.4. The van der Waals surface area contributed by atoms with Gasteiger partial charge in [-0.1, -0.05) is 48.5 Å². The molecular formula is C24H24N2O2S. The smallest absolute Gasteiger partial charge is 0.410 e. The molecule has 2 heterocycles. The maximum absolute atomic E-state index is 12.4. The highest BCUT2D eigenvalue weighted by atomic mass is 32.1. The van der Waals surface area contributed by atoms with Gasteiger partial charge in [0.15, 0.2) is 0 Å². The first-order valence-corrected chi connectivity index (χ1v) is 11.0. The van der Waals surface area contributed by atoms with Gasteiger partial charge in [-0.2, -0.15) is 0 Å². The molecule has 29 heavy (non-hydrogen) atoms. The summed E-state index contributed by atoms with van der Waals surface area (Å²) in [5.74, 6) is 2.61. The van der Waals surface area contributed by atoms with Crippen molar-refractivity contribution in [1.29, 1.82) is 0 Å². The summed E-state index contributed by atoms with van der Waals surface area (Å²) >= 11 is 1.64. The molecule has 2 aliphatic rings. The van der Waals surface area contributed by atoms with Crippen LogP contribution >= 0.6 is 11.3 Å². The minimum atomic E-state index is -0.361. The molecule has 2 aromatic carbocycles. The van der Waals surface area contributed by atoms with Crippen molar-refractivity contribution in [2.24, 2.45) is 17.8 Å². The number of benzene rings is 2. The van der Waals surface area contributed by atoms with Crippen LogP contribution < -0.4 is 10.1 Å². The Hall–Kier alpha value is -2.63. The first-order chi connectivity index (χ1) is 14.3. The van der Waals surface area contributed by atoms with Gasteiger partial charge in [0, 0.05) is 36.6 Å². The summed E-state index contributed by atoms with van der Waals surface area (Å²) in [5, 5.41) is 5.01. The predicted octanol–water partition coefficient (Wildman–Crippen LogP) is 4.88. The van der Waals surface area contributed by atoms with Crippen LogP contribution in [0, 0.1) is 17.8 Å². The molecule has 3 aromatic rings. The van der Waals surface area contributed by atoms with Crippen LogP contribution in [0.25, 0.3) is 10.4 Å². The zero-order valence-electron chi connectivity index (χ0n) is 16.2. The van der Waals surface area contributed by atoms with E-state index in [1.165, 1.54) is 5.56 Å². The van der Waals surface area contributed by atoms with Crippen LogP contribution in [-0.4, -0.2) is 30.6 Å². The Morgan fingerprint density at radius 2 is 1.76 bits per heavy atom. The number of carbonyl (C=O) groups is 1. The molecule has 0 radical (unpaired) electrons. The Bertz CT molecular complexity index is 962. The lowest BCUT2D eigenvalue weighted by molar-refractivity contribution is 0.198. The van der Waals surface area contributed by atoms with Crippen molar-refractivity contribution in [3.05, 3.63) is 77.7 Å². The number of piperidine rings is 1. The van der Waals surface area contributed by atoms with E-state index in [0.717, 1.165) is 30.1 Å². The molecule has 1 saturated carbocycles. The second-order valence-corrected chi connectivity index (χ2v) is 8.86. The van der Waals surface area contributed by atoms with Crippen LogP contribution in [0.3, 0.4) is 0 Å². The van der Waals surface area contributed by atoms with Crippen LogP contribution in [-0.2, 0) is 6.54 Å². The lowest BCUT2D eigenvalue weighted by atomic mass is 10.1. The van der Waals surface area contributed by atoms with Gasteiger partial charge in [-0.05, 0) is 46.9 Å². The maximum Gasteiger partial charge on any atom is 0.412 e. The van der Waals surface area contributed by atoms with Gasteiger partial charge in [0.2, 0.25) is 0 Å². The fourth-order valence-electron chi connectivity index (χ4n) is 4.54. The third-order valence-corrected chi connectivity index (χ3v) is 6.96. The van der Waals surface area contributed by atoms with Gasteiger partial charge >= 0.3 is 6.09 Å². The van der Waals surface area contributed by atoms with E-state index >= 15 is 0 Å². The van der Waals surface area contributed by atoms with E-state index in [2.05, 4.69) is 40.5 Å². The first-order valence-electron chi connectivity index (χ1n) is 10.1. The summed E-state index contributed by atoms with van der Waals surface area (Å²) < 4.78 is 5.62. The van der Waals surface area contributed by atoms with E-state index in [4.69, 9.17) is 4.74 Å². The van der Waals surface area contributed by atoms with Gasteiger partial charge in [0.25, 0.3) is 0 Å². The molecule has 1 aliphatic heterocycles. The Balaban J connectivity index is 1.10. The van der Waals surface area contributed by atoms with E-state index < -0.39 is 0 Å². The van der Waals surface area contributed by atoms with Crippen molar-refractivity contribution < 1.29 is 9.53 Å². The van der Waals surface area contributed by atoms with Crippen molar-refractivity contribution >= 4 is 17.4 Å². The molecule has 1 aromatic heterocycles. The number of para-hydroxylation sites is 1. The van der Waals surface area contributed by atoms with Gasteiger partial charge in [-0.3, -0.25) is 4.90 Å². The average molecular weight is 405 g/mol. The monoisotopic (exact) mass is 404 g/mol. The molecule has 1 saturated heterocycles. The molecule has 2 unspecified atom stereocenters. The topological polar surface area (TPSA) is 41.6 Å². The van der Waals surface area contributed by atoms with Gasteiger partial charge in [-0.25, -0.2) is 4.79 Å². The van der Waals surface area contributed by atoms with Gasteiger partial charge in [0.1, 0.15) is 5.75 Å². The number of nitrogens with one attached hydrogen (secondary N) is 1. The van der Waals surface area contributed by atoms with E-state index in [1.54, 1.807) is 11.3 Å². The van der Waals surface area contributed by atoms with Crippen molar-refractivity contribution in [2.75, 3.05) is 19.6 Å². The van der Waals surface area contributed by atoms with E-state index in [0.29, 0.717) is 30.0 Å². The van der Waals surface area contributed by atoms with Gasteiger partial charge < -0.3 is 10.1 Å². The molecule has 2 atom stereocenters. The standard InChI is InChI=1S/C24H24N2O2S/c27-24(28-22-10-5-4-9-18(22)23-11-6-12-29-23)25-13-19-20-15-26(16-21(19)20)14-17-7-2-1-3-8-17/h1-12,19-21H,13-16H2,(H,25,27). The summed E-state index contributed by atoms with van der Waals surface area (Å²) in [4.78, 5) is 16.0. The highest BCUT2D eigenvalue weighted by molar-refractivity contribution is 7.13. The third-order valence-electron chi connectivity index (χ3n) is 6.05. The highest BCUT2D eigenvalue weighted by Crippen LogP contribution is 2.51. The summed E-state index contributed by atoms with van der Waals surface area (Å²) in [6.45, 7) is 3.98. The summed E-state index contributed by atoms with van der Waals surface area (Å²) in [6.07, 6.45) is -0.361. The fraction of sp³-hybridized carbons (Fsp3) is 0.292. The molecule has 1 aliphatic carbocycles. The molecule has 4 nitrogen and oxygen atoms in total. The van der Waals surface area contributed by atoms with Gasteiger partial charge in [-0.15, -0.1) is 11.3 Å². The third kappa shape index (κ3) is 4.07. The Morgan fingerprint density at radius 1 is 1.00 bits per heavy atom. The minimum absolute atomic E-state index is 0.361. The number of thiophene rings is 1. The number of fused-ring (bicyclic) bond motifs is 1. The van der Waals surface area contributed by atoms with E-state index in [-0.39, 0.29) is 6.09 Å². The van der Waals surface area contributed by atoms with Crippen LogP contribution in [0.5, 0.6) is 5.75 Å². The van der Waals surface area contributed by atoms with Crippen molar-refractivity contribution in [2.45, 2.75) is 6.54 Å². The van der Waals surface area contributed by atoms with Crippen molar-refractivity contribution in [3.63, 3.8) is 0 Å². The van der Waals surface area contributed by atoms with Gasteiger partial charge in [0.05, 0.1) is 0 Å². The van der Waals surface area contributed by atoms with E-state index in [1.807, 2.05) is 41.8 Å². The number of amides is 1.